The predicted molar refractivity (Wildman–Crippen MR) is 75.2 cm³/mol. The molecule has 6 nitrogen and oxygen atoms in total. The van der Waals surface area contributed by atoms with E-state index in [9.17, 15) is 18.0 Å². The molecule has 1 aliphatic heterocycles. The highest BCUT2D eigenvalue weighted by molar-refractivity contribution is 7.91. The Balaban J connectivity index is 2.33. The molecule has 1 saturated heterocycles. The smallest absolute Gasteiger partial charge is 0.327 e. The highest BCUT2D eigenvalue weighted by atomic mass is 35.5. The molecule has 1 fully saturated rings. The second kappa shape index (κ2) is 5.34. The van der Waals surface area contributed by atoms with Crippen LogP contribution in [0.3, 0.4) is 0 Å². The van der Waals surface area contributed by atoms with Gasteiger partial charge >= 0.3 is 5.97 Å². The molecule has 0 spiro atoms. The van der Waals surface area contributed by atoms with Gasteiger partial charge in [0.05, 0.1) is 16.5 Å². The fraction of sp³-hybridized carbons (Fsp3) is 0.455. The molecule has 2 heterocycles. The molecule has 0 bridgehead atoms. The van der Waals surface area contributed by atoms with E-state index in [1.807, 2.05) is 0 Å². The van der Waals surface area contributed by atoms with Crippen molar-refractivity contribution in [3.8, 4) is 0 Å². The summed E-state index contributed by atoms with van der Waals surface area (Å²) in [5.41, 5.74) is 0.733. The van der Waals surface area contributed by atoms with Gasteiger partial charge in [-0.05, 0) is 17.9 Å². The summed E-state index contributed by atoms with van der Waals surface area (Å²) in [6, 6.07) is -1.36. The standard InChI is InChI=1S/C11H12ClNO5S2/c1-6-4-19-9(8(6)12)10(14)13-2-3-20(17,18)5-7(13)11(15)16/h4,7H,2-3,5H2,1H3,(H,15,16). The first-order chi connectivity index (χ1) is 9.23. The van der Waals surface area contributed by atoms with E-state index in [1.54, 1.807) is 12.3 Å². The van der Waals surface area contributed by atoms with Gasteiger partial charge < -0.3 is 10.0 Å². The van der Waals surface area contributed by atoms with Crippen LogP contribution in [0.5, 0.6) is 0 Å². The number of amides is 1. The molecule has 2 rings (SSSR count). The number of carboxylic acid groups (broad SMARTS) is 1. The summed E-state index contributed by atoms with van der Waals surface area (Å²) in [5.74, 6) is -2.65. The number of carbonyl (C=O) groups is 2. The first-order valence-corrected chi connectivity index (χ1v) is 8.78. The van der Waals surface area contributed by atoms with Gasteiger partial charge in [0.25, 0.3) is 5.91 Å². The molecule has 0 saturated carbocycles. The third kappa shape index (κ3) is 2.82. The highest BCUT2D eigenvalue weighted by Crippen LogP contribution is 2.29. The fourth-order valence-electron chi connectivity index (χ4n) is 1.96. The Morgan fingerprint density at radius 2 is 2.15 bits per heavy atom. The maximum absolute atomic E-state index is 12.4. The molecule has 9 heteroatoms. The summed E-state index contributed by atoms with van der Waals surface area (Å²) in [6.45, 7) is 1.61. The topological polar surface area (TPSA) is 91.8 Å². The number of aliphatic carboxylic acids is 1. The molecular formula is C11H12ClNO5S2. The average molecular weight is 338 g/mol. The van der Waals surface area contributed by atoms with Crippen molar-refractivity contribution in [1.82, 2.24) is 4.90 Å². The van der Waals surface area contributed by atoms with E-state index in [0.717, 1.165) is 21.8 Å². The first-order valence-electron chi connectivity index (χ1n) is 5.70. The average Bonchev–Trinajstić information content (AvgIpc) is 2.68. The second-order valence-corrected chi connectivity index (χ2v) is 8.02. The quantitative estimate of drug-likeness (QED) is 0.870. The van der Waals surface area contributed by atoms with E-state index >= 15 is 0 Å². The van der Waals surface area contributed by atoms with Gasteiger partial charge in [-0.25, -0.2) is 13.2 Å². The number of hydrogen-bond acceptors (Lipinski definition) is 5. The van der Waals surface area contributed by atoms with Crippen molar-refractivity contribution >= 4 is 44.7 Å². The molecule has 1 atom stereocenters. The summed E-state index contributed by atoms with van der Waals surface area (Å²) in [6.07, 6.45) is 0. The Hall–Kier alpha value is -1.12. The van der Waals surface area contributed by atoms with E-state index in [4.69, 9.17) is 16.7 Å². The summed E-state index contributed by atoms with van der Waals surface area (Å²) in [4.78, 5) is 24.9. The molecule has 0 radical (unpaired) electrons. The van der Waals surface area contributed by atoms with Crippen molar-refractivity contribution in [2.24, 2.45) is 0 Å². The van der Waals surface area contributed by atoms with Crippen LogP contribution in [0.2, 0.25) is 5.02 Å². The molecule has 1 amide bonds. The number of hydrogen-bond donors (Lipinski definition) is 1. The minimum Gasteiger partial charge on any atom is -0.480 e. The summed E-state index contributed by atoms with van der Waals surface area (Å²) >= 11 is 7.13. The third-order valence-corrected chi connectivity index (χ3v) is 6.38. The van der Waals surface area contributed by atoms with Crippen LogP contribution in [0.25, 0.3) is 0 Å². The van der Waals surface area contributed by atoms with Gasteiger partial charge in [0.1, 0.15) is 10.9 Å². The SMILES string of the molecule is Cc1csc(C(=O)N2CCS(=O)(=O)CC2C(=O)O)c1Cl. The number of carboxylic acids is 1. The van der Waals surface area contributed by atoms with Gasteiger partial charge in [-0.1, -0.05) is 11.6 Å². The second-order valence-electron chi connectivity index (χ2n) is 4.53. The molecule has 110 valence electrons. The van der Waals surface area contributed by atoms with Crippen LogP contribution in [0.1, 0.15) is 15.2 Å². The largest absolute Gasteiger partial charge is 0.480 e. The Kier molecular flexibility index (Phi) is 4.08. The van der Waals surface area contributed by atoms with Crippen LogP contribution in [0.15, 0.2) is 5.38 Å². The molecule has 1 N–H and O–H groups in total. The van der Waals surface area contributed by atoms with Gasteiger partial charge in [0.2, 0.25) is 0 Å². The van der Waals surface area contributed by atoms with E-state index in [1.165, 1.54) is 0 Å². The van der Waals surface area contributed by atoms with Crippen molar-refractivity contribution in [3.63, 3.8) is 0 Å². The van der Waals surface area contributed by atoms with E-state index in [0.29, 0.717) is 0 Å². The monoisotopic (exact) mass is 337 g/mol. The molecule has 1 aromatic heterocycles. The Morgan fingerprint density at radius 1 is 1.50 bits per heavy atom. The molecule has 1 aromatic rings. The summed E-state index contributed by atoms with van der Waals surface area (Å²) in [5, 5.41) is 11.1. The molecule has 1 aliphatic rings. The number of nitrogens with zero attached hydrogens (tertiary/aromatic N) is 1. The number of rotatable bonds is 2. The predicted octanol–water partition coefficient (Wildman–Crippen LogP) is 1.03. The lowest BCUT2D eigenvalue weighted by molar-refractivity contribution is -0.141. The van der Waals surface area contributed by atoms with Crippen LogP contribution >= 0.6 is 22.9 Å². The maximum Gasteiger partial charge on any atom is 0.327 e. The van der Waals surface area contributed by atoms with Crippen molar-refractivity contribution in [2.75, 3.05) is 18.1 Å². The lowest BCUT2D eigenvalue weighted by Crippen LogP contribution is -2.54. The fourth-order valence-corrected chi connectivity index (χ4v) is 4.63. The van der Waals surface area contributed by atoms with Crippen LogP contribution in [0.4, 0.5) is 0 Å². The van der Waals surface area contributed by atoms with Gasteiger partial charge in [-0.15, -0.1) is 11.3 Å². The van der Waals surface area contributed by atoms with Crippen molar-refractivity contribution in [2.45, 2.75) is 13.0 Å². The summed E-state index contributed by atoms with van der Waals surface area (Å²) in [7, 11) is -3.43. The van der Waals surface area contributed by atoms with Gasteiger partial charge in [0.15, 0.2) is 9.84 Å². The Labute approximate surface area is 124 Å². The number of carbonyl (C=O) groups excluding carboxylic acids is 1. The Bertz CT molecular complexity index is 666. The third-order valence-electron chi connectivity index (χ3n) is 3.07. The minimum atomic E-state index is -3.43. The lowest BCUT2D eigenvalue weighted by atomic mass is 10.2. The zero-order chi connectivity index (χ0) is 15.1. The first kappa shape index (κ1) is 15.3. The highest BCUT2D eigenvalue weighted by Gasteiger charge is 2.39. The van der Waals surface area contributed by atoms with Crippen LogP contribution in [0, 0.1) is 6.92 Å². The van der Waals surface area contributed by atoms with Gasteiger partial charge in [-0.2, -0.15) is 0 Å². The van der Waals surface area contributed by atoms with Crippen LogP contribution in [-0.4, -0.2) is 54.4 Å². The molecular weight excluding hydrogens is 326 g/mol. The molecule has 20 heavy (non-hydrogen) atoms. The molecule has 1 unspecified atom stereocenters. The maximum atomic E-state index is 12.4. The lowest BCUT2D eigenvalue weighted by Gasteiger charge is -2.32. The number of halogens is 1. The zero-order valence-corrected chi connectivity index (χ0v) is 12.9. The van der Waals surface area contributed by atoms with Crippen LogP contribution < -0.4 is 0 Å². The van der Waals surface area contributed by atoms with Crippen molar-refractivity contribution in [3.05, 3.63) is 20.8 Å². The van der Waals surface area contributed by atoms with Gasteiger partial charge in [-0.3, -0.25) is 4.79 Å². The number of sulfone groups is 1. The Morgan fingerprint density at radius 3 is 2.65 bits per heavy atom. The summed E-state index contributed by atoms with van der Waals surface area (Å²) < 4.78 is 23.0. The van der Waals surface area contributed by atoms with Crippen molar-refractivity contribution in [1.29, 1.82) is 0 Å². The minimum absolute atomic E-state index is 0.134. The number of thiophene rings is 1. The van der Waals surface area contributed by atoms with E-state index in [-0.39, 0.29) is 22.2 Å². The zero-order valence-electron chi connectivity index (χ0n) is 10.5. The van der Waals surface area contributed by atoms with Crippen molar-refractivity contribution < 1.29 is 23.1 Å². The van der Waals surface area contributed by atoms with E-state index < -0.39 is 33.5 Å². The van der Waals surface area contributed by atoms with E-state index in [2.05, 4.69) is 0 Å². The normalized spacial score (nSPS) is 21.7. The van der Waals surface area contributed by atoms with Gasteiger partial charge in [0, 0.05) is 6.54 Å². The molecule has 0 aromatic carbocycles. The molecule has 0 aliphatic carbocycles. The van der Waals surface area contributed by atoms with Crippen LogP contribution in [-0.2, 0) is 14.6 Å². The number of aryl methyl sites for hydroxylation is 1.